The third-order valence-electron chi connectivity index (χ3n) is 3.53. The molecule has 94 valence electrons. The van der Waals surface area contributed by atoms with E-state index >= 15 is 0 Å². The first-order valence-electron chi connectivity index (χ1n) is 6.20. The molecule has 1 fully saturated rings. The van der Waals surface area contributed by atoms with Gasteiger partial charge in [0.2, 0.25) is 0 Å². The molecule has 2 N–H and O–H groups in total. The van der Waals surface area contributed by atoms with Gasteiger partial charge in [0.1, 0.15) is 12.1 Å². The number of benzene rings is 1. The lowest BCUT2D eigenvalue weighted by molar-refractivity contribution is 0.519. The summed E-state index contributed by atoms with van der Waals surface area (Å²) in [5.74, 6) is 0.252. The molecule has 1 aliphatic rings. The van der Waals surface area contributed by atoms with Crippen molar-refractivity contribution >= 4 is 5.69 Å². The van der Waals surface area contributed by atoms with E-state index in [1.165, 1.54) is 18.9 Å². The second kappa shape index (κ2) is 4.40. The minimum Gasteiger partial charge on any atom is -0.399 e. The Morgan fingerprint density at radius 3 is 2.78 bits per heavy atom. The number of hydrogen-bond donors (Lipinski definition) is 1. The highest BCUT2D eigenvalue weighted by Crippen LogP contribution is 2.33. The van der Waals surface area contributed by atoms with Crippen LogP contribution in [0.25, 0.3) is 11.4 Å². The van der Waals surface area contributed by atoms with Crippen molar-refractivity contribution in [2.45, 2.75) is 31.7 Å². The van der Waals surface area contributed by atoms with Gasteiger partial charge in [-0.05, 0) is 31.0 Å². The number of rotatable bonds is 2. The van der Waals surface area contributed by atoms with Gasteiger partial charge >= 0.3 is 0 Å². The van der Waals surface area contributed by atoms with Crippen molar-refractivity contribution < 1.29 is 4.39 Å². The second-order valence-electron chi connectivity index (χ2n) is 4.74. The van der Waals surface area contributed by atoms with E-state index < -0.39 is 0 Å². The maximum Gasteiger partial charge on any atom is 0.166 e. The molecule has 0 spiro atoms. The monoisotopic (exact) mass is 246 g/mol. The minimum atomic E-state index is -0.345. The van der Waals surface area contributed by atoms with Gasteiger partial charge in [-0.2, -0.15) is 0 Å². The van der Waals surface area contributed by atoms with Crippen LogP contribution in [0.3, 0.4) is 0 Å². The molecule has 1 heterocycles. The maximum absolute atomic E-state index is 13.9. The predicted octanol–water partition coefficient (Wildman–Crippen LogP) is 2.78. The Labute approximate surface area is 105 Å². The molecular weight excluding hydrogens is 231 g/mol. The number of nitrogens with zero attached hydrogens (tertiary/aromatic N) is 3. The minimum absolute atomic E-state index is 0.345. The Balaban J connectivity index is 2.03. The van der Waals surface area contributed by atoms with E-state index in [0.717, 1.165) is 12.8 Å². The standard InChI is InChI=1S/C13H15FN4/c14-12-7-9(15)5-6-11(12)13-17-16-8-18(13)10-3-1-2-4-10/h5-8,10H,1-4,15H2. The van der Waals surface area contributed by atoms with Crippen LogP contribution in [0, 0.1) is 5.82 Å². The summed E-state index contributed by atoms with van der Waals surface area (Å²) in [6, 6.07) is 5.07. The molecule has 18 heavy (non-hydrogen) atoms. The largest absolute Gasteiger partial charge is 0.399 e. The summed E-state index contributed by atoms with van der Waals surface area (Å²) in [5, 5.41) is 7.98. The van der Waals surface area contributed by atoms with Crippen LogP contribution in [-0.4, -0.2) is 14.8 Å². The smallest absolute Gasteiger partial charge is 0.166 e. The fourth-order valence-electron chi connectivity index (χ4n) is 2.60. The van der Waals surface area contributed by atoms with Gasteiger partial charge in [-0.15, -0.1) is 10.2 Å². The lowest BCUT2D eigenvalue weighted by Gasteiger charge is -2.14. The summed E-state index contributed by atoms with van der Waals surface area (Å²) in [6.45, 7) is 0. The van der Waals surface area contributed by atoms with Crippen molar-refractivity contribution in [1.82, 2.24) is 14.8 Å². The van der Waals surface area contributed by atoms with Crippen LogP contribution < -0.4 is 5.73 Å². The predicted molar refractivity (Wildman–Crippen MR) is 67.3 cm³/mol. The van der Waals surface area contributed by atoms with Crippen molar-refractivity contribution in [2.24, 2.45) is 0 Å². The molecule has 2 aromatic rings. The third kappa shape index (κ3) is 1.85. The molecule has 0 saturated heterocycles. The van der Waals surface area contributed by atoms with E-state index in [2.05, 4.69) is 10.2 Å². The Morgan fingerprint density at radius 1 is 1.28 bits per heavy atom. The Hall–Kier alpha value is -1.91. The van der Waals surface area contributed by atoms with Crippen LogP contribution in [-0.2, 0) is 0 Å². The molecule has 1 aromatic carbocycles. The summed E-state index contributed by atoms with van der Waals surface area (Å²) >= 11 is 0. The normalized spacial score (nSPS) is 16.3. The number of nitrogens with two attached hydrogens (primary N) is 1. The van der Waals surface area contributed by atoms with Crippen LogP contribution in [0.4, 0.5) is 10.1 Å². The lowest BCUT2D eigenvalue weighted by atomic mass is 10.1. The number of halogens is 1. The average molecular weight is 246 g/mol. The van der Waals surface area contributed by atoms with Crippen LogP contribution in [0.15, 0.2) is 24.5 Å². The molecule has 4 nitrogen and oxygen atoms in total. The van der Waals surface area contributed by atoms with Crippen molar-refractivity contribution in [3.05, 3.63) is 30.3 Å². The Kier molecular flexibility index (Phi) is 2.74. The molecule has 3 rings (SSSR count). The maximum atomic E-state index is 13.9. The highest BCUT2D eigenvalue weighted by molar-refractivity contribution is 5.60. The SMILES string of the molecule is Nc1ccc(-c2nncn2C2CCCC2)c(F)c1. The first-order chi connectivity index (χ1) is 8.75. The molecule has 5 heteroatoms. The highest BCUT2D eigenvalue weighted by atomic mass is 19.1. The summed E-state index contributed by atoms with van der Waals surface area (Å²) in [7, 11) is 0. The Morgan fingerprint density at radius 2 is 2.06 bits per heavy atom. The number of aromatic nitrogens is 3. The van der Waals surface area contributed by atoms with E-state index in [9.17, 15) is 4.39 Å². The van der Waals surface area contributed by atoms with Crippen LogP contribution >= 0.6 is 0 Å². The molecule has 0 bridgehead atoms. The molecule has 0 radical (unpaired) electrons. The van der Waals surface area contributed by atoms with Gasteiger partial charge in [0.15, 0.2) is 5.82 Å². The molecule has 1 saturated carbocycles. The number of nitrogen functional groups attached to an aromatic ring is 1. The van der Waals surface area contributed by atoms with E-state index in [0.29, 0.717) is 23.1 Å². The van der Waals surface area contributed by atoms with Gasteiger partial charge in [-0.1, -0.05) is 12.8 Å². The number of anilines is 1. The zero-order valence-corrected chi connectivity index (χ0v) is 10.0. The Bertz CT molecular complexity index is 558. The molecule has 0 atom stereocenters. The molecule has 0 amide bonds. The third-order valence-corrected chi connectivity index (χ3v) is 3.53. The topological polar surface area (TPSA) is 56.7 Å². The van der Waals surface area contributed by atoms with Crippen LogP contribution in [0.1, 0.15) is 31.7 Å². The zero-order valence-electron chi connectivity index (χ0n) is 10.0. The lowest BCUT2D eigenvalue weighted by Crippen LogP contribution is -2.06. The highest BCUT2D eigenvalue weighted by Gasteiger charge is 2.21. The molecule has 0 aliphatic heterocycles. The average Bonchev–Trinajstić information content (AvgIpc) is 2.98. The summed E-state index contributed by atoms with van der Waals surface area (Å²) in [5.41, 5.74) is 6.44. The second-order valence-corrected chi connectivity index (χ2v) is 4.74. The summed E-state index contributed by atoms with van der Waals surface area (Å²) in [6.07, 6.45) is 6.35. The van der Waals surface area contributed by atoms with Gasteiger partial charge in [0.25, 0.3) is 0 Å². The van der Waals surface area contributed by atoms with Crippen molar-refractivity contribution in [1.29, 1.82) is 0 Å². The van der Waals surface area contributed by atoms with Gasteiger partial charge in [0.05, 0.1) is 5.56 Å². The fourth-order valence-corrected chi connectivity index (χ4v) is 2.60. The first kappa shape index (κ1) is 11.2. The molecule has 1 aromatic heterocycles. The van der Waals surface area contributed by atoms with E-state index in [1.807, 2.05) is 4.57 Å². The zero-order chi connectivity index (χ0) is 12.5. The van der Waals surface area contributed by atoms with Gasteiger partial charge < -0.3 is 10.3 Å². The quantitative estimate of drug-likeness (QED) is 0.829. The van der Waals surface area contributed by atoms with Crippen molar-refractivity contribution in [3.8, 4) is 11.4 Å². The van der Waals surface area contributed by atoms with Gasteiger partial charge in [-0.25, -0.2) is 4.39 Å². The molecule has 1 aliphatic carbocycles. The first-order valence-corrected chi connectivity index (χ1v) is 6.20. The van der Waals surface area contributed by atoms with Crippen molar-refractivity contribution in [2.75, 3.05) is 5.73 Å². The number of hydrogen-bond acceptors (Lipinski definition) is 3. The molecule has 0 unspecified atom stereocenters. The molecular formula is C13H15FN4. The van der Waals surface area contributed by atoms with E-state index in [-0.39, 0.29) is 5.82 Å². The van der Waals surface area contributed by atoms with Gasteiger partial charge in [-0.3, -0.25) is 0 Å². The summed E-state index contributed by atoms with van der Waals surface area (Å²) < 4.78 is 15.9. The van der Waals surface area contributed by atoms with E-state index in [1.54, 1.807) is 18.5 Å². The fraction of sp³-hybridized carbons (Fsp3) is 0.385. The van der Waals surface area contributed by atoms with Crippen LogP contribution in [0.2, 0.25) is 0 Å². The van der Waals surface area contributed by atoms with E-state index in [4.69, 9.17) is 5.73 Å². The van der Waals surface area contributed by atoms with Gasteiger partial charge in [0, 0.05) is 11.7 Å². The van der Waals surface area contributed by atoms with Crippen molar-refractivity contribution in [3.63, 3.8) is 0 Å². The summed E-state index contributed by atoms with van der Waals surface area (Å²) in [4.78, 5) is 0. The van der Waals surface area contributed by atoms with Crippen LogP contribution in [0.5, 0.6) is 0 Å².